The van der Waals surface area contributed by atoms with Gasteiger partial charge in [0.15, 0.2) is 12.6 Å². The van der Waals surface area contributed by atoms with Crippen LogP contribution in [0.5, 0.6) is 0 Å². The molecule has 0 saturated carbocycles. The first-order valence-electron chi connectivity index (χ1n) is 9.66. The Labute approximate surface area is 174 Å². The van der Waals surface area contributed by atoms with Gasteiger partial charge in [0.05, 0.1) is 13.2 Å². The van der Waals surface area contributed by atoms with Crippen molar-refractivity contribution in [3.63, 3.8) is 0 Å². The highest BCUT2D eigenvalue weighted by molar-refractivity contribution is 7.80. The summed E-state index contributed by atoms with van der Waals surface area (Å²) in [5.74, 6) is 0.755. The van der Waals surface area contributed by atoms with Crippen molar-refractivity contribution in [2.24, 2.45) is 0 Å². The Morgan fingerprint density at radius 3 is 1.93 bits per heavy atom. The van der Waals surface area contributed by atoms with E-state index in [2.05, 4.69) is 12.6 Å². The van der Waals surface area contributed by atoms with Crippen molar-refractivity contribution in [3.8, 4) is 0 Å². The first kappa shape index (κ1) is 25.2. The second-order valence-corrected chi connectivity index (χ2v) is 7.61. The van der Waals surface area contributed by atoms with Gasteiger partial charge >= 0.3 is 0 Å². The van der Waals surface area contributed by atoms with Crippen LogP contribution in [0.4, 0.5) is 0 Å². The largest absolute Gasteiger partial charge is 0.394 e. The predicted octanol–water partition coefficient (Wildman–Crippen LogP) is -3.27. The number of hydrogen-bond acceptors (Lipinski definition) is 12. The van der Waals surface area contributed by atoms with Gasteiger partial charge in [-0.05, 0) is 18.6 Å². The summed E-state index contributed by atoms with van der Waals surface area (Å²) in [6.07, 6.45) is -11.9. The van der Waals surface area contributed by atoms with Gasteiger partial charge in [-0.1, -0.05) is 6.42 Å². The Bertz CT molecular complexity index is 469. The van der Waals surface area contributed by atoms with Gasteiger partial charge < -0.3 is 54.7 Å². The molecule has 172 valence electrons. The first-order chi connectivity index (χ1) is 13.8. The minimum atomic E-state index is -1.70. The van der Waals surface area contributed by atoms with Crippen molar-refractivity contribution >= 4 is 12.6 Å². The van der Waals surface area contributed by atoms with Crippen LogP contribution in [0.1, 0.15) is 19.3 Å². The molecule has 2 aliphatic rings. The zero-order valence-electron chi connectivity index (χ0n) is 15.9. The van der Waals surface area contributed by atoms with Crippen molar-refractivity contribution in [2.45, 2.75) is 80.7 Å². The molecule has 0 aromatic carbocycles. The average molecular weight is 444 g/mol. The summed E-state index contributed by atoms with van der Waals surface area (Å²) in [6, 6.07) is 0. The van der Waals surface area contributed by atoms with Crippen LogP contribution in [0.15, 0.2) is 0 Å². The van der Waals surface area contributed by atoms with Gasteiger partial charge in [-0.25, -0.2) is 0 Å². The van der Waals surface area contributed by atoms with E-state index < -0.39 is 74.6 Å². The molecule has 7 N–H and O–H groups in total. The summed E-state index contributed by atoms with van der Waals surface area (Å²) < 4.78 is 21.7. The quantitative estimate of drug-likeness (QED) is 0.125. The third kappa shape index (κ3) is 6.21. The van der Waals surface area contributed by atoms with E-state index in [-0.39, 0.29) is 6.61 Å². The molecule has 0 bridgehead atoms. The Morgan fingerprint density at radius 1 is 0.690 bits per heavy atom. The summed E-state index contributed by atoms with van der Waals surface area (Å²) in [6.45, 7) is -0.965. The van der Waals surface area contributed by atoms with E-state index in [0.29, 0.717) is 6.42 Å². The minimum Gasteiger partial charge on any atom is -0.394 e. The maximum Gasteiger partial charge on any atom is 0.187 e. The Hall–Kier alpha value is -0.0900. The van der Waals surface area contributed by atoms with Crippen molar-refractivity contribution in [1.82, 2.24) is 0 Å². The average Bonchev–Trinajstić information content (AvgIpc) is 2.72. The normalized spacial score (nSPS) is 43.4. The number of unbranched alkanes of at least 4 members (excludes halogenated alkanes) is 2. The molecule has 0 aromatic heterocycles. The van der Waals surface area contributed by atoms with Gasteiger partial charge in [0.25, 0.3) is 0 Å². The zero-order chi connectivity index (χ0) is 21.6. The van der Waals surface area contributed by atoms with Gasteiger partial charge in [-0.3, -0.25) is 0 Å². The first-order valence-corrected chi connectivity index (χ1v) is 10.3. The zero-order valence-corrected chi connectivity index (χ0v) is 16.8. The molecule has 0 aliphatic carbocycles. The molecule has 0 radical (unpaired) electrons. The summed E-state index contributed by atoms with van der Waals surface area (Å²) >= 11 is 4.12. The molecule has 0 spiro atoms. The van der Waals surface area contributed by atoms with Gasteiger partial charge in [0.2, 0.25) is 0 Å². The minimum absolute atomic E-state index is 0.276. The second-order valence-electron chi connectivity index (χ2n) is 7.16. The standard InChI is InChI=1S/C17H32O11S/c18-6-8-10(20)11(21)13(23)17(26-8)28-15-9(7-19)27-16(14(24)12(15)22)25-4-2-1-3-5-29/h8-24,29H,1-7H2/t8?,9?,10-,11?,12?,13?,14?,15+,16+,17-/m0/s1. The smallest absolute Gasteiger partial charge is 0.187 e. The molecule has 0 aromatic rings. The van der Waals surface area contributed by atoms with Crippen LogP contribution in [0, 0.1) is 0 Å². The van der Waals surface area contributed by atoms with Gasteiger partial charge in [0.1, 0.15) is 48.8 Å². The Morgan fingerprint density at radius 2 is 1.31 bits per heavy atom. The van der Waals surface area contributed by atoms with Crippen molar-refractivity contribution in [3.05, 3.63) is 0 Å². The third-order valence-electron chi connectivity index (χ3n) is 5.04. The fourth-order valence-electron chi connectivity index (χ4n) is 3.28. The van der Waals surface area contributed by atoms with Crippen LogP contribution in [-0.2, 0) is 18.9 Å². The monoisotopic (exact) mass is 444 g/mol. The molecule has 2 rings (SSSR count). The Balaban J connectivity index is 1.98. The van der Waals surface area contributed by atoms with Crippen LogP contribution in [-0.4, -0.2) is 123 Å². The molecule has 0 amide bonds. The summed E-state index contributed by atoms with van der Waals surface area (Å²) in [4.78, 5) is 0. The van der Waals surface area contributed by atoms with E-state index in [4.69, 9.17) is 18.9 Å². The molecule has 2 heterocycles. The lowest BCUT2D eigenvalue weighted by Crippen LogP contribution is -2.64. The molecule has 6 unspecified atom stereocenters. The highest BCUT2D eigenvalue weighted by Crippen LogP contribution is 2.29. The molecule has 2 aliphatic heterocycles. The van der Waals surface area contributed by atoms with Crippen LogP contribution in [0.2, 0.25) is 0 Å². The number of thiol groups is 1. The molecule has 2 saturated heterocycles. The summed E-state index contributed by atoms with van der Waals surface area (Å²) in [5.41, 5.74) is 0. The van der Waals surface area contributed by atoms with E-state index in [1.807, 2.05) is 0 Å². The fourth-order valence-corrected chi connectivity index (χ4v) is 3.51. The van der Waals surface area contributed by atoms with E-state index >= 15 is 0 Å². The summed E-state index contributed by atoms with van der Waals surface area (Å²) in [5, 5.41) is 69.4. The van der Waals surface area contributed by atoms with E-state index in [9.17, 15) is 35.7 Å². The Kier molecular flexibility index (Phi) is 10.5. The molecular weight excluding hydrogens is 412 g/mol. The predicted molar refractivity (Wildman–Crippen MR) is 100 cm³/mol. The lowest BCUT2D eigenvalue weighted by Gasteiger charge is -2.45. The van der Waals surface area contributed by atoms with Crippen LogP contribution < -0.4 is 0 Å². The van der Waals surface area contributed by atoms with E-state index in [1.54, 1.807) is 0 Å². The molecule has 2 fully saturated rings. The maximum absolute atomic E-state index is 10.5. The van der Waals surface area contributed by atoms with Crippen molar-refractivity contribution in [1.29, 1.82) is 0 Å². The molecule has 11 nitrogen and oxygen atoms in total. The third-order valence-corrected chi connectivity index (χ3v) is 5.36. The van der Waals surface area contributed by atoms with Gasteiger partial charge in [0, 0.05) is 6.61 Å². The molecular formula is C17H32O11S. The highest BCUT2D eigenvalue weighted by atomic mass is 32.1. The number of hydrogen-bond donors (Lipinski definition) is 8. The molecule has 12 heteroatoms. The number of ether oxygens (including phenoxy) is 4. The van der Waals surface area contributed by atoms with Crippen LogP contribution in [0.25, 0.3) is 0 Å². The van der Waals surface area contributed by atoms with Crippen molar-refractivity contribution < 1.29 is 54.7 Å². The number of aliphatic hydroxyl groups is 7. The fraction of sp³-hybridized carbons (Fsp3) is 1.00. The van der Waals surface area contributed by atoms with Crippen LogP contribution in [0.3, 0.4) is 0 Å². The maximum atomic E-state index is 10.5. The van der Waals surface area contributed by atoms with E-state index in [1.165, 1.54) is 0 Å². The topological polar surface area (TPSA) is 179 Å². The SMILES string of the molecule is OCC1O[C@@H](O[C@@H]2C(CO)O[C@@H](OCCCCCS)C(O)C2O)C(O)C(O)[C@H]1O. The molecule has 29 heavy (non-hydrogen) atoms. The lowest BCUT2D eigenvalue weighted by atomic mass is 9.97. The van der Waals surface area contributed by atoms with E-state index in [0.717, 1.165) is 18.6 Å². The molecule has 10 atom stereocenters. The van der Waals surface area contributed by atoms with Crippen LogP contribution >= 0.6 is 12.6 Å². The van der Waals surface area contributed by atoms with Gasteiger partial charge in [-0.2, -0.15) is 12.6 Å². The van der Waals surface area contributed by atoms with Crippen molar-refractivity contribution in [2.75, 3.05) is 25.6 Å². The van der Waals surface area contributed by atoms with Gasteiger partial charge in [-0.15, -0.1) is 0 Å². The lowest BCUT2D eigenvalue weighted by molar-refractivity contribution is -0.359. The number of rotatable bonds is 10. The summed E-state index contributed by atoms with van der Waals surface area (Å²) in [7, 11) is 0. The highest BCUT2D eigenvalue weighted by Gasteiger charge is 2.50. The number of aliphatic hydroxyl groups excluding tert-OH is 7. The second kappa shape index (κ2) is 12.1.